The first-order valence-corrected chi connectivity index (χ1v) is 10.8. The number of hydrogen-bond acceptors (Lipinski definition) is 5. The molecule has 0 aliphatic carbocycles. The highest BCUT2D eigenvalue weighted by Gasteiger charge is 2.39. The molecule has 3 aliphatic rings. The van der Waals surface area contributed by atoms with E-state index >= 15 is 0 Å². The molecule has 0 spiro atoms. The van der Waals surface area contributed by atoms with Gasteiger partial charge in [-0.05, 0) is 68.8 Å². The van der Waals surface area contributed by atoms with Gasteiger partial charge >= 0.3 is 0 Å². The number of rotatable bonds is 6. The quantitative estimate of drug-likeness (QED) is 0.497. The van der Waals surface area contributed by atoms with Crippen LogP contribution in [0.25, 0.3) is 0 Å². The molecule has 4 rings (SSSR count). The van der Waals surface area contributed by atoms with Crippen molar-refractivity contribution in [3.05, 3.63) is 34.9 Å². The van der Waals surface area contributed by atoms with Gasteiger partial charge in [0.15, 0.2) is 0 Å². The molecule has 0 aromatic heterocycles. The minimum absolute atomic E-state index is 0.0956. The summed E-state index contributed by atoms with van der Waals surface area (Å²) in [5, 5.41) is 9.32. The van der Waals surface area contributed by atoms with Gasteiger partial charge in [-0.3, -0.25) is 19.7 Å². The fourth-order valence-corrected chi connectivity index (χ4v) is 4.75. The standard InChI is InChI=1S/C22H30N4O3/c27-19-7-6-18(21(28)25-19)26-14-17-5-1-4-16(20(17)22(26)29)13-24-12-9-15-3-2-10-23-11-8-15/h1,4-5,15,18,23-24H,2-3,6-14H2,(H,25,27,28). The van der Waals surface area contributed by atoms with E-state index in [1.54, 1.807) is 4.90 Å². The van der Waals surface area contributed by atoms with Gasteiger partial charge in [0.25, 0.3) is 5.91 Å². The van der Waals surface area contributed by atoms with Crippen molar-refractivity contribution in [2.24, 2.45) is 5.92 Å². The fourth-order valence-electron chi connectivity index (χ4n) is 4.75. The molecule has 2 atom stereocenters. The van der Waals surface area contributed by atoms with E-state index in [1.165, 1.54) is 19.3 Å². The van der Waals surface area contributed by atoms with Gasteiger partial charge < -0.3 is 15.5 Å². The van der Waals surface area contributed by atoms with Gasteiger partial charge in [-0.15, -0.1) is 0 Å². The minimum Gasteiger partial charge on any atom is -0.322 e. The maximum Gasteiger partial charge on any atom is 0.255 e. The zero-order valence-electron chi connectivity index (χ0n) is 16.8. The molecule has 7 heteroatoms. The monoisotopic (exact) mass is 398 g/mol. The summed E-state index contributed by atoms with van der Waals surface area (Å²) >= 11 is 0. The fraction of sp³-hybridized carbons (Fsp3) is 0.591. The first-order valence-electron chi connectivity index (χ1n) is 10.8. The van der Waals surface area contributed by atoms with Gasteiger partial charge in [0.05, 0.1) is 0 Å². The van der Waals surface area contributed by atoms with Crippen LogP contribution in [0.5, 0.6) is 0 Å². The Balaban J connectivity index is 1.36. The summed E-state index contributed by atoms with van der Waals surface area (Å²) in [5.41, 5.74) is 2.68. The summed E-state index contributed by atoms with van der Waals surface area (Å²) in [6.45, 7) is 4.28. The number of carbonyl (C=O) groups is 3. The van der Waals surface area contributed by atoms with Crippen LogP contribution in [-0.2, 0) is 22.7 Å². The lowest BCUT2D eigenvalue weighted by molar-refractivity contribution is -0.136. The summed E-state index contributed by atoms with van der Waals surface area (Å²) in [5.74, 6) is 0.0510. The lowest BCUT2D eigenvalue weighted by Gasteiger charge is -2.29. The van der Waals surface area contributed by atoms with Crippen molar-refractivity contribution >= 4 is 17.7 Å². The van der Waals surface area contributed by atoms with E-state index in [0.29, 0.717) is 19.5 Å². The topological polar surface area (TPSA) is 90.5 Å². The zero-order valence-corrected chi connectivity index (χ0v) is 16.8. The molecule has 2 unspecified atom stereocenters. The number of imide groups is 1. The molecule has 2 fully saturated rings. The van der Waals surface area contributed by atoms with Gasteiger partial charge in [-0.1, -0.05) is 18.2 Å². The molecule has 3 aliphatic heterocycles. The highest BCUT2D eigenvalue weighted by atomic mass is 16.2. The van der Waals surface area contributed by atoms with Crippen LogP contribution in [0.15, 0.2) is 18.2 Å². The number of piperidine rings is 1. The lowest BCUT2D eigenvalue weighted by atomic mass is 9.97. The predicted octanol–water partition coefficient (Wildman–Crippen LogP) is 1.32. The molecule has 0 bridgehead atoms. The SMILES string of the molecule is O=C1CCC(N2Cc3cccc(CNCCC4CCCNCC4)c3C2=O)C(=O)N1. The third-order valence-corrected chi connectivity index (χ3v) is 6.38. The van der Waals surface area contributed by atoms with E-state index in [1.807, 2.05) is 18.2 Å². The summed E-state index contributed by atoms with van der Waals surface area (Å²) in [6.07, 6.45) is 5.61. The van der Waals surface area contributed by atoms with E-state index in [2.05, 4.69) is 16.0 Å². The Labute approximate surface area is 171 Å². The second-order valence-corrected chi connectivity index (χ2v) is 8.36. The average Bonchev–Trinajstić information content (AvgIpc) is 2.88. The van der Waals surface area contributed by atoms with E-state index in [4.69, 9.17) is 0 Å². The van der Waals surface area contributed by atoms with Crippen molar-refractivity contribution in [3.8, 4) is 0 Å². The van der Waals surface area contributed by atoms with Crippen molar-refractivity contribution in [2.75, 3.05) is 19.6 Å². The Kier molecular flexibility index (Phi) is 6.25. The largest absolute Gasteiger partial charge is 0.322 e. The van der Waals surface area contributed by atoms with Crippen LogP contribution < -0.4 is 16.0 Å². The van der Waals surface area contributed by atoms with Gasteiger partial charge in [-0.2, -0.15) is 0 Å². The number of amides is 3. The van der Waals surface area contributed by atoms with E-state index < -0.39 is 6.04 Å². The summed E-state index contributed by atoms with van der Waals surface area (Å²) < 4.78 is 0. The molecule has 156 valence electrons. The van der Waals surface area contributed by atoms with Crippen molar-refractivity contribution in [3.63, 3.8) is 0 Å². The molecular formula is C22H30N4O3. The molecule has 0 saturated carbocycles. The Hall–Kier alpha value is -2.25. The molecule has 1 aromatic rings. The van der Waals surface area contributed by atoms with Crippen LogP contribution in [0.3, 0.4) is 0 Å². The van der Waals surface area contributed by atoms with Crippen LogP contribution in [0, 0.1) is 5.92 Å². The van der Waals surface area contributed by atoms with Gasteiger partial charge in [0.2, 0.25) is 11.8 Å². The van der Waals surface area contributed by atoms with Gasteiger partial charge in [0.1, 0.15) is 6.04 Å². The number of nitrogens with zero attached hydrogens (tertiary/aromatic N) is 1. The van der Waals surface area contributed by atoms with Crippen LogP contribution in [0.1, 0.15) is 60.0 Å². The Morgan fingerprint density at radius 2 is 2.00 bits per heavy atom. The second-order valence-electron chi connectivity index (χ2n) is 8.36. The van der Waals surface area contributed by atoms with Crippen molar-refractivity contribution in [1.29, 1.82) is 0 Å². The maximum absolute atomic E-state index is 13.1. The van der Waals surface area contributed by atoms with Crippen molar-refractivity contribution < 1.29 is 14.4 Å². The first-order chi connectivity index (χ1) is 14.1. The highest BCUT2D eigenvalue weighted by molar-refractivity contribution is 6.05. The molecule has 3 amide bonds. The molecule has 29 heavy (non-hydrogen) atoms. The third kappa shape index (κ3) is 4.51. The molecular weight excluding hydrogens is 368 g/mol. The van der Waals surface area contributed by atoms with E-state index in [9.17, 15) is 14.4 Å². The summed E-state index contributed by atoms with van der Waals surface area (Å²) in [4.78, 5) is 38.3. The predicted molar refractivity (Wildman–Crippen MR) is 109 cm³/mol. The molecule has 2 saturated heterocycles. The molecule has 3 heterocycles. The van der Waals surface area contributed by atoms with Crippen LogP contribution >= 0.6 is 0 Å². The molecule has 0 radical (unpaired) electrons. The number of benzene rings is 1. The zero-order chi connectivity index (χ0) is 20.2. The van der Waals surface area contributed by atoms with Crippen LogP contribution in [-0.4, -0.2) is 48.3 Å². The van der Waals surface area contributed by atoms with Gasteiger partial charge in [-0.25, -0.2) is 0 Å². The number of carbonyl (C=O) groups excluding carboxylic acids is 3. The third-order valence-electron chi connectivity index (χ3n) is 6.38. The molecule has 3 N–H and O–H groups in total. The van der Waals surface area contributed by atoms with Crippen molar-refractivity contribution in [1.82, 2.24) is 20.9 Å². The smallest absolute Gasteiger partial charge is 0.255 e. The number of hydrogen-bond donors (Lipinski definition) is 3. The normalized spacial score (nSPS) is 25.0. The van der Waals surface area contributed by atoms with Crippen molar-refractivity contribution in [2.45, 2.75) is 57.7 Å². The maximum atomic E-state index is 13.1. The number of fused-ring (bicyclic) bond motifs is 1. The minimum atomic E-state index is -0.558. The molecule has 7 nitrogen and oxygen atoms in total. The van der Waals surface area contributed by atoms with Crippen LogP contribution in [0.2, 0.25) is 0 Å². The summed E-state index contributed by atoms with van der Waals surface area (Å²) in [6, 6.07) is 5.37. The summed E-state index contributed by atoms with van der Waals surface area (Å²) in [7, 11) is 0. The first kappa shape index (κ1) is 20.0. The average molecular weight is 399 g/mol. The van der Waals surface area contributed by atoms with Gasteiger partial charge in [0, 0.05) is 25.1 Å². The Morgan fingerprint density at radius 3 is 2.86 bits per heavy atom. The van der Waals surface area contributed by atoms with Crippen LogP contribution in [0.4, 0.5) is 0 Å². The van der Waals surface area contributed by atoms with E-state index in [-0.39, 0.29) is 24.1 Å². The van der Waals surface area contributed by atoms with E-state index in [0.717, 1.165) is 48.7 Å². The molecule has 1 aromatic carbocycles. The number of nitrogens with one attached hydrogen (secondary N) is 3. The highest BCUT2D eigenvalue weighted by Crippen LogP contribution is 2.29. The Bertz CT molecular complexity index is 786. The Morgan fingerprint density at radius 1 is 1.10 bits per heavy atom. The lowest BCUT2D eigenvalue weighted by Crippen LogP contribution is -2.52. The second kappa shape index (κ2) is 9.05.